The monoisotopic (exact) mass is 178 g/mol. The highest BCUT2D eigenvalue weighted by Crippen LogP contribution is 2.10. The molecule has 0 bridgehead atoms. The lowest BCUT2D eigenvalue weighted by Gasteiger charge is -2.05. The number of rotatable bonds is 4. The van der Waals surface area contributed by atoms with Crippen LogP contribution >= 0.6 is 0 Å². The van der Waals surface area contributed by atoms with Crippen LogP contribution in [0.25, 0.3) is 0 Å². The average molecular weight is 178 g/mol. The number of nitrogens with zero attached hydrogens (tertiary/aromatic N) is 2. The molecular formula is C11H18N2. The number of aryl methyl sites for hydroxylation is 1. The summed E-state index contributed by atoms with van der Waals surface area (Å²) < 4.78 is 0. The highest BCUT2D eigenvalue weighted by Gasteiger charge is 2.02. The fourth-order valence-electron chi connectivity index (χ4n) is 1.18. The van der Waals surface area contributed by atoms with Crippen LogP contribution in [0.1, 0.15) is 50.9 Å². The van der Waals surface area contributed by atoms with E-state index in [9.17, 15) is 0 Å². The molecule has 72 valence electrons. The first-order chi connectivity index (χ1) is 6.24. The van der Waals surface area contributed by atoms with Gasteiger partial charge in [-0.2, -0.15) is 0 Å². The summed E-state index contributed by atoms with van der Waals surface area (Å²) in [5.41, 5.74) is 2.24. The zero-order valence-electron chi connectivity index (χ0n) is 8.75. The summed E-state index contributed by atoms with van der Waals surface area (Å²) in [5, 5.41) is 0. The second kappa shape index (κ2) is 4.95. The molecule has 0 aromatic carbocycles. The molecule has 2 nitrogen and oxygen atoms in total. The highest BCUT2D eigenvalue weighted by atomic mass is 14.8. The predicted octanol–water partition coefficient (Wildman–Crippen LogP) is 2.94. The second-order valence-corrected chi connectivity index (χ2v) is 3.69. The van der Waals surface area contributed by atoms with Gasteiger partial charge in [0.25, 0.3) is 0 Å². The smallest absolute Gasteiger partial charge is 0.0615 e. The van der Waals surface area contributed by atoms with Crippen LogP contribution in [0.5, 0.6) is 0 Å². The van der Waals surface area contributed by atoms with Crippen molar-refractivity contribution in [3.63, 3.8) is 0 Å². The predicted molar refractivity (Wildman–Crippen MR) is 54.7 cm³/mol. The average Bonchev–Trinajstić information content (AvgIpc) is 2.15. The lowest BCUT2D eigenvalue weighted by molar-refractivity contribution is 0.742. The maximum atomic E-state index is 4.55. The van der Waals surface area contributed by atoms with E-state index in [1.54, 1.807) is 0 Å². The molecular weight excluding hydrogens is 160 g/mol. The molecule has 13 heavy (non-hydrogen) atoms. The van der Waals surface area contributed by atoms with E-state index < -0.39 is 0 Å². The normalized spacial score (nSPS) is 10.8. The molecule has 0 fully saturated rings. The van der Waals surface area contributed by atoms with Gasteiger partial charge in [0.15, 0.2) is 0 Å². The minimum absolute atomic E-state index is 0.481. The first kappa shape index (κ1) is 10.2. The largest absolute Gasteiger partial charge is 0.261 e. The van der Waals surface area contributed by atoms with Gasteiger partial charge in [0.1, 0.15) is 0 Å². The minimum Gasteiger partial charge on any atom is -0.261 e. The van der Waals surface area contributed by atoms with Crippen molar-refractivity contribution in [2.45, 2.75) is 46.0 Å². The van der Waals surface area contributed by atoms with Crippen molar-refractivity contribution < 1.29 is 0 Å². The van der Waals surface area contributed by atoms with Crippen molar-refractivity contribution in [2.24, 2.45) is 0 Å². The molecule has 0 unspecified atom stereocenters. The van der Waals surface area contributed by atoms with E-state index in [2.05, 4.69) is 30.7 Å². The Morgan fingerprint density at radius 1 is 1.31 bits per heavy atom. The van der Waals surface area contributed by atoms with E-state index in [1.807, 2.05) is 12.4 Å². The van der Waals surface area contributed by atoms with E-state index in [-0.39, 0.29) is 0 Å². The van der Waals surface area contributed by atoms with Gasteiger partial charge in [-0.15, -0.1) is 0 Å². The van der Waals surface area contributed by atoms with Crippen LogP contribution in [-0.2, 0) is 6.42 Å². The maximum absolute atomic E-state index is 4.55. The molecule has 0 spiro atoms. The zero-order chi connectivity index (χ0) is 9.68. The Balaban J connectivity index is 2.68. The van der Waals surface area contributed by atoms with Crippen molar-refractivity contribution in [1.82, 2.24) is 9.97 Å². The molecule has 0 amide bonds. The van der Waals surface area contributed by atoms with Gasteiger partial charge in [-0.3, -0.25) is 9.97 Å². The van der Waals surface area contributed by atoms with Crippen LogP contribution in [0.15, 0.2) is 12.4 Å². The lowest BCUT2D eigenvalue weighted by atomic mass is 10.1. The number of unbranched alkanes of at least 4 members (excludes halogenated alkanes) is 1. The molecule has 1 heterocycles. The Hall–Kier alpha value is -0.920. The van der Waals surface area contributed by atoms with E-state index in [0.29, 0.717) is 5.92 Å². The summed E-state index contributed by atoms with van der Waals surface area (Å²) in [5.74, 6) is 0.481. The van der Waals surface area contributed by atoms with Crippen LogP contribution in [-0.4, -0.2) is 9.97 Å². The first-order valence-corrected chi connectivity index (χ1v) is 5.04. The fraction of sp³-hybridized carbons (Fsp3) is 0.636. The first-order valence-electron chi connectivity index (χ1n) is 5.04. The Morgan fingerprint density at radius 2 is 2.08 bits per heavy atom. The summed E-state index contributed by atoms with van der Waals surface area (Å²) in [7, 11) is 0. The Bertz CT molecular complexity index is 256. The van der Waals surface area contributed by atoms with Crippen LogP contribution in [0, 0.1) is 0 Å². The van der Waals surface area contributed by atoms with E-state index in [0.717, 1.165) is 17.8 Å². The van der Waals surface area contributed by atoms with E-state index >= 15 is 0 Å². The zero-order valence-corrected chi connectivity index (χ0v) is 8.75. The van der Waals surface area contributed by atoms with Crippen molar-refractivity contribution in [1.29, 1.82) is 0 Å². The molecule has 0 aliphatic carbocycles. The summed E-state index contributed by atoms with van der Waals surface area (Å²) in [4.78, 5) is 8.74. The van der Waals surface area contributed by atoms with Gasteiger partial charge >= 0.3 is 0 Å². The van der Waals surface area contributed by atoms with Gasteiger partial charge in [0, 0.05) is 12.4 Å². The molecule has 0 saturated heterocycles. The van der Waals surface area contributed by atoms with E-state index in [4.69, 9.17) is 0 Å². The minimum atomic E-state index is 0.481. The Labute approximate surface area is 80.4 Å². The van der Waals surface area contributed by atoms with Crippen molar-refractivity contribution >= 4 is 0 Å². The van der Waals surface area contributed by atoms with Gasteiger partial charge in [-0.05, 0) is 18.8 Å². The van der Waals surface area contributed by atoms with Crippen LogP contribution in [0.2, 0.25) is 0 Å². The van der Waals surface area contributed by atoms with Crippen molar-refractivity contribution in [2.75, 3.05) is 0 Å². The topological polar surface area (TPSA) is 25.8 Å². The quantitative estimate of drug-likeness (QED) is 0.708. The molecule has 1 rings (SSSR count). The lowest BCUT2D eigenvalue weighted by Crippen LogP contribution is -1.98. The summed E-state index contributed by atoms with van der Waals surface area (Å²) >= 11 is 0. The molecule has 0 atom stereocenters. The molecule has 0 radical (unpaired) electrons. The standard InChI is InChI=1S/C11H18N2/c1-4-5-6-10-7-12-8-11(13-10)9(2)3/h7-9H,4-6H2,1-3H3. The molecule has 0 N–H and O–H groups in total. The third-order valence-corrected chi connectivity index (χ3v) is 2.08. The molecule has 1 aromatic heterocycles. The van der Waals surface area contributed by atoms with Gasteiger partial charge in [-0.1, -0.05) is 27.2 Å². The summed E-state index contributed by atoms with van der Waals surface area (Å²) in [6, 6.07) is 0. The van der Waals surface area contributed by atoms with Gasteiger partial charge in [-0.25, -0.2) is 0 Å². The van der Waals surface area contributed by atoms with Gasteiger partial charge < -0.3 is 0 Å². The van der Waals surface area contributed by atoms with Crippen LogP contribution < -0.4 is 0 Å². The molecule has 0 aliphatic heterocycles. The molecule has 2 heteroatoms. The van der Waals surface area contributed by atoms with E-state index in [1.165, 1.54) is 12.8 Å². The van der Waals surface area contributed by atoms with Gasteiger partial charge in [0.2, 0.25) is 0 Å². The molecule has 0 aliphatic rings. The Morgan fingerprint density at radius 3 is 2.69 bits per heavy atom. The summed E-state index contributed by atoms with van der Waals surface area (Å²) in [6.07, 6.45) is 7.22. The maximum Gasteiger partial charge on any atom is 0.0615 e. The molecule has 1 aromatic rings. The highest BCUT2D eigenvalue weighted by molar-refractivity contribution is 5.06. The molecule has 0 saturated carbocycles. The van der Waals surface area contributed by atoms with Crippen molar-refractivity contribution in [3.8, 4) is 0 Å². The second-order valence-electron chi connectivity index (χ2n) is 3.69. The number of hydrogen-bond donors (Lipinski definition) is 0. The van der Waals surface area contributed by atoms with Crippen LogP contribution in [0.4, 0.5) is 0 Å². The number of hydrogen-bond acceptors (Lipinski definition) is 2. The van der Waals surface area contributed by atoms with Crippen LogP contribution in [0.3, 0.4) is 0 Å². The van der Waals surface area contributed by atoms with Gasteiger partial charge in [0.05, 0.1) is 11.4 Å². The third kappa shape index (κ3) is 3.13. The SMILES string of the molecule is CCCCc1cncc(C(C)C)n1. The summed E-state index contributed by atoms with van der Waals surface area (Å²) in [6.45, 7) is 6.49. The Kier molecular flexibility index (Phi) is 3.87. The number of aromatic nitrogens is 2. The fourth-order valence-corrected chi connectivity index (χ4v) is 1.18. The third-order valence-electron chi connectivity index (χ3n) is 2.08. The van der Waals surface area contributed by atoms with Crippen molar-refractivity contribution in [3.05, 3.63) is 23.8 Å².